The average Bonchev–Trinajstić information content (AvgIpc) is 2.81. The number of methoxy groups -OCH3 is 1. The Morgan fingerprint density at radius 1 is 0.824 bits per heavy atom. The molecule has 0 aromatic heterocycles. The lowest BCUT2D eigenvalue weighted by molar-refractivity contribution is -0.117. The van der Waals surface area contributed by atoms with E-state index in [4.69, 9.17) is 14.2 Å². The quantitative estimate of drug-likeness (QED) is 0.548. The monoisotopic (exact) mass is 458 g/mol. The Labute approximate surface area is 200 Å². The van der Waals surface area contributed by atoms with Crippen molar-refractivity contribution in [3.05, 3.63) is 81.3 Å². The number of rotatable bonds is 5. The summed E-state index contributed by atoms with van der Waals surface area (Å²) in [5, 5.41) is 0. The lowest BCUT2D eigenvalue weighted by Crippen LogP contribution is -2.30. The fourth-order valence-electron chi connectivity index (χ4n) is 5.45. The van der Waals surface area contributed by atoms with Gasteiger partial charge in [0.25, 0.3) is 0 Å². The molecule has 0 saturated carbocycles. The second-order valence-corrected chi connectivity index (χ2v) is 9.46. The number of ether oxygens (including phenoxy) is 3. The van der Waals surface area contributed by atoms with Crippen molar-refractivity contribution in [2.24, 2.45) is 0 Å². The maximum Gasteiger partial charge on any atom is 0.163 e. The van der Waals surface area contributed by atoms with Gasteiger partial charge in [0, 0.05) is 42.7 Å². The van der Waals surface area contributed by atoms with E-state index in [0.29, 0.717) is 42.1 Å². The third-order valence-electron chi connectivity index (χ3n) is 6.84. The van der Waals surface area contributed by atoms with Gasteiger partial charge in [-0.25, -0.2) is 0 Å². The topological polar surface area (TPSA) is 61.8 Å². The Kier molecular flexibility index (Phi) is 6.03. The third-order valence-corrected chi connectivity index (χ3v) is 6.84. The van der Waals surface area contributed by atoms with Gasteiger partial charge in [-0.2, -0.15) is 0 Å². The molecule has 2 aromatic carbocycles. The molecule has 0 radical (unpaired) electrons. The van der Waals surface area contributed by atoms with Crippen molar-refractivity contribution in [2.45, 2.75) is 64.9 Å². The molecule has 5 rings (SSSR count). The summed E-state index contributed by atoms with van der Waals surface area (Å²) in [4.78, 5) is 26.0. The first kappa shape index (κ1) is 22.5. The lowest BCUT2D eigenvalue weighted by atomic mass is 9.73. The Morgan fingerprint density at radius 2 is 1.44 bits per heavy atom. The molecule has 176 valence electrons. The second-order valence-electron chi connectivity index (χ2n) is 9.46. The SMILES string of the molecule is COc1cc(C2C3=C(CCCC3=O)OC3=C2C(=O)CCC3)ccc1OCc1cc(C)cc(C)c1. The van der Waals surface area contributed by atoms with Crippen LogP contribution in [0.25, 0.3) is 0 Å². The number of benzene rings is 2. The van der Waals surface area contributed by atoms with Crippen LogP contribution in [0.15, 0.2) is 59.1 Å². The van der Waals surface area contributed by atoms with Crippen LogP contribution in [0.4, 0.5) is 0 Å². The Balaban J connectivity index is 1.50. The van der Waals surface area contributed by atoms with Gasteiger partial charge >= 0.3 is 0 Å². The summed E-state index contributed by atoms with van der Waals surface area (Å²) in [6.07, 6.45) is 4.02. The molecule has 1 heterocycles. The molecule has 0 saturated heterocycles. The van der Waals surface area contributed by atoms with Gasteiger partial charge in [0.2, 0.25) is 0 Å². The number of allylic oxidation sites excluding steroid dienone is 4. The highest BCUT2D eigenvalue weighted by molar-refractivity contribution is 6.05. The molecule has 1 aliphatic heterocycles. The van der Waals surface area contributed by atoms with Crippen LogP contribution >= 0.6 is 0 Å². The van der Waals surface area contributed by atoms with E-state index < -0.39 is 5.92 Å². The van der Waals surface area contributed by atoms with Gasteiger partial charge in [0.1, 0.15) is 18.1 Å². The molecule has 2 aromatic rings. The first-order chi connectivity index (χ1) is 16.4. The van der Waals surface area contributed by atoms with Crippen LogP contribution in [0.2, 0.25) is 0 Å². The lowest BCUT2D eigenvalue weighted by Gasteiger charge is -2.36. The first-order valence-corrected chi connectivity index (χ1v) is 12.0. The van der Waals surface area contributed by atoms with E-state index in [2.05, 4.69) is 32.0 Å². The summed E-state index contributed by atoms with van der Waals surface area (Å²) in [6, 6.07) is 12.1. The summed E-state index contributed by atoms with van der Waals surface area (Å²) in [5.74, 6) is 2.44. The molecule has 2 aliphatic carbocycles. The summed E-state index contributed by atoms with van der Waals surface area (Å²) >= 11 is 0. The predicted molar refractivity (Wildman–Crippen MR) is 129 cm³/mol. The van der Waals surface area contributed by atoms with Crippen LogP contribution in [0.3, 0.4) is 0 Å². The normalized spacial score (nSPS) is 18.4. The summed E-state index contributed by atoms with van der Waals surface area (Å²) in [7, 11) is 1.61. The fourth-order valence-corrected chi connectivity index (χ4v) is 5.45. The Bertz CT molecular complexity index is 1170. The molecule has 0 unspecified atom stereocenters. The minimum Gasteiger partial charge on any atom is -0.493 e. The van der Waals surface area contributed by atoms with Gasteiger partial charge in [0.15, 0.2) is 23.1 Å². The predicted octanol–water partition coefficient (Wildman–Crippen LogP) is 6.02. The summed E-state index contributed by atoms with van der Waals surface area (Å²) < 4.78 is 17.9. The highest BCUT2D eigenvalue weighted by atomic mass is 16.5. The van der Waals surface area contributed by atoms with E-state index in [1.165, 1.54) is 11.1 Å². The van der Waals surface area contributed by atoms with E-state index in [9.17, 15) is 9.59 Å². The van der Waals surface area contributed by atoms with Gasteiger partial charge in [-0.3, -0.25) is 9.59 Å². The molecule has 0 spiro atoms. The number of Topliss-reactive ketones (excluding diaryl/α,β-unsaturated/α-hetero) is 2. The van der Waals surface area contributed by atoms with Crippen LogP contribution in [0, 0.1) is 13.8 Å². The van der Waals surface area contributed by atoms with Crippen molar-refractivity contribution in [1.82, 2.24) is 0 Å². The molecule has 0 atom stereocenters. The molecule has 3 aliphatic rings. The second kappa shape index (κ2) is 9.13. The molecule has 0 amide bonds. The number of hydrogen-bond donors (Lipinski definition) is 0. The fraction of sp³-hybridized carbons (Fsp3) is 0.379. The molecule has 5 heteroatoms. The van der Waals surface area contributed by atoms with Crippen LogP contribution in [-0.4, -0.2) is 18.7 Å². The van der Waals surface area contributed by atoms with Crippen LogP contribution < -0.4 is 9.47 Å². The largest absolute Gasteiger partial charge is 0.493 e. The minimum absolute atomic E-state index is 0.0743. The van der Waals surface area contributed by atoms with Crippen LogP contribution in [-0.2, 0) is 20.9 Å². The number of ketones is 2. The van der Waals surface area contributed by atoms with E-state index in [0.717, 1.165) is 48.3 Å². The van der Waals surface area contributed by atoms with Gasteiger partial charge in [-0.05, 0) is 49.9 Å². The molecule has 0 N–H and O–H groups in total. The Morgan fingerprint density at radius 3 is 2.03 bits per heavy atom. The van der Waals surface area contributed by atoms with Crippen molar-refractivity contribution in [3.8, 4) is 11.5 Å². The van der Waals surface area contributed by atoms with Gasteiger partial charge in [0.05, 0.1) is 7.11 Å². The summed E-state index contributed by atoms with van der Waals surface area (Å²) in [6.45, 7) is 4.58. The number of carbonyl (C=O) groups excluding carboxylic acids is 2. The number of carbonyl (C=O) groups is 2. The zero-order chi connectivity index (χ0) is 23.8. The number of hydrogen-bond acceptors (Lipinski definition) is 5. The third kappa shape index (κ3) is 4.15. The van der Waals surface area contributed by atoms with Crippen molar-refractivity contribution in [1.29, 1.82) is 0 Å². The van der Waals surface area contributed by atoms with Crippen molar-refractivity contribution < 1.29 is 23.8 Å². The van der Waals surface area contributed by atoms with Gasteiger partial charge < -0.3 is 14.2 Å². The molecule has 0 fully saturated rings. The van der Waals surface area contributed by atoms with E-state index in [1.807, 2.05) is 18.2 Å². The van der Waals surface area contributed by atoms with Crippen molar-refractivity contribution in [3.63, 3.8) is 0 Å². The maximum atomic E-state index is 13.0. The molecular weight excluding hydrogens is 428 g/mol. The first-order valence-electron chi connectivity index (χ1n) is 12.0. The van der Waals surface area contributed by atoms with Crippen molar-refractivity contribution >= 4 is 11.6 Å². The maximum absolute atomic E-state index is 13.0. The summed E-state index contributed by atoms with van der Waals surface area (Å²) in [5.41, 5.74) is 5.64. The van der Waals surface area contributed by atoms with Gasteiger partial charge in [-0.1, -0.05) is 35.4 Å². The standard InChI is InChI=1S/C29H30O5/c1-17-12-18(2)14-19(13-17)16-33-23-11-10-20(15-26(23)32-3)27-28-21(30)6-4-8-24(28)34-25-9-5-7-22(31)29(25)27/h10-15,27H,4-9,16H2,1-3H3. The van der Waals surface area contributed by atoms with Crippen molar-refractivity contribution in [2.75, 3.05) is 7.11 Å². The Hall–Kier alpha value is -3.34. The number of aryl methyl sites for hydroxylation is 2. The highest BCUT2D eigenvalue weighted by Gasteiger charge is 2.41. The van der Waals surface area contributed by atoms with Crippen LogP contribution in [0.1, 0.15) is 66.7 Å². The molecule has 34 heavy (non-hydrogen) atoms. The minimum atomic E-state index is -0.401. The molecule has 0 bridgehead atoms. The highest BCUT2D eigenvalue weighted by Crippen LogP contribution is 2.48. The smallest absolute Gasteiger partial charge is 0.163 e. The van der Waals surface area contributed by atoms with Crippen LogP contribution in [0.5, 0.6) is 11.5 Å². The molecule has 5 nitrogen and oxygen atoms in total. The average molecular weight is 459 g/mol. The van der Waals surface area contributed by atoms with E-state index >= 15 is 0 Å². The van der Waals surface area contributed by atoms with E-state index in [1.54, 1.807) is 7.11 Å². The zero-order valence-corrected chi connectivity index (χ0v) is 20.0. The van der Waals surface area contributed by atoms with E-state index in [-0.39, 0.29) is 11.6 Å². The molecular formula is C29H30O5. The van der Waals surface area contributed by atoms with Gasteiger partial charge in [-0.15, -0.1) is 0 Å². The zero-order valence-electron chi connectivity index (χ0n) is 20.0.